The number of aromatic nitrogens is 1. The van der Waals surface area contributed by atoms with Gasteiger partial charge in [-0.2, -0.15) is 16.1 Å². The van der Waals surface area contributed by atoms with Crippen molar-refractivity contribution in [1.29, 1.82) is 0 Å². The SMILES string of the molecule is CNCc1cc(S(=O)(=O)N2CCSC(C)(C)CC2)c[nH]1. The van der Waals surface area contributed by atoms with Gasteiger partial charge in [0.1, 0.15) is 0 Å². The lowest BCUT2D eigenvalue weighted by atomic mass is 10.1. The Morgan fingerprint density at radius 1 is 1.45 bits per heavy atom. The number of thioether (sulfide) groups is 1. The Labute approximate surface area is 125 Å². The van der Waals surface area contributed by atoms with E-state index >= 15 is 0 Å². The first-order chi connectivity index (χ1) is 9.35. The van der Waals surface area contributed by atoms with Crippen LogP contribution in [-0.4, -0.2) is 48.3 Å². The molecule has 1 aliphatic heterocycles. The molecule has 0 unspecified atom stereocenters. The van der Waals surface area contributed by atoms with Crippen molar-refractivity contribution in [3.63, 3.8) is 0 Å². The summed E-state index contributed by atoms with van der Waals surface area (Å²) < 4.78 is 27.1. The first kappa shape index (κ1) is 15.9. The normalized spacial score (nSPS) is 20.8. The Bertz CT molecular complexity index is 552. The molecule has 1 fully saturated rings. The standard InChI is InChI=1S/C13H23N3O2S2/c1-13(2)4-5-16(6-7-19-13)20(17,18)12-8-11(9-14-3)15-10-12/h8,10,14-15H,4-7,9H2,1-3H3. The molecule has 0 atom stereocenters. The highest BCUT2D eigenvalue weighted by Crippen LogP contribution is 2.32. The Morgan fingerprint density at radius 3 is 2.90 bits per heavy atom. The highest BCUT2D eigenvalue weighted by Gasteiger charge is 2.31. The molecule has 1 saturated heterocycles. The van der Waals surface area contributed by atoms with Crippen LogP contribution in [0, 0.1) is 0 Å². The maximum atomic E-state index is 12.6. The van der Waals surface area contributed by atoms with Gasteiger partial charge in [0.15, 0.2) is 0 Å². The predicted octanol–water partition coefficient (Wildman–Crippen LogP) is 1.64. The van der Waals surface area contributed by atoms with E-state index in [9.17, 15) is 8.42 Å². The zero-order valence-corrected chi connectivity index (χ0v) is 13.9. The molecule has 1 aromatic rings. The molecule has 7 heteroatoms. The molecular weight excluding hydrogens is 294 g/mol. The Kier molecular flexibility index (Phi) is 4.84. The number of aromatic amines is 1. The van der Waals surface area contributed by atoms with Gasteiger partial charge in [0.05, 0.1) is 4.90 Å². The molecular formula is C13H23N3O2S2. The summed E-state index contributed by atoms with van der Waals surface area (Å²) >= 11 is 1.85. The van der Waals surface area contributed by atoms with Gasteiger partial charge in [0.25, 0.3) is 0 Å². The van der Waals surface area contributed by atoms with E-state index in [1.54, 1.807) is 16.6 Å². The Balaban J connectivity index is 2.16. The molecule has 114 valence electrons. The van der Waals surface area contributed by atoms with Crippen LogP contribution in [0.4, 0.5) is 0 Å². The monoisotopic (exact) mass is 317 g/mol. The van der Waals surface area contributed by atoms with E-state index in [2.05, 4.69) is 24.1 Å². The molecule has 0 radical (unpaired) electrons. The number of nitrogens with one attached hydrogen (secondary N) is 2. The molecule has 2 rings (SSSR count). The first-order valence-electron chi connectivity index (χ1n) is 6.81. The molecule has 0 aliphatic carbocycles. The van der Waals surface area contributed by atoms with Gasteiger partial charge in [-0.25, -0.2) is 8.42 Å². The molecule has 5 nitrogen and oxygen atoms in total. The fourth-order valence-electron chi connectivity index (χ4n) is 2.25. The molecule has 2 N–H and O–H groups in total. The number of rotatable bonds is 4. The molecule has 20 heavy (non-hydrogen) atoms. The highest BCUT2D eigenvalue weighted by molar-refractivity contribution is 8.00. The zero-order chi connectivity index (χ0) is 14.8. The number of sulfonamides is 1. The summed E-state index contributed by atoms with van der Waals surface area (Å²) in [4.78, 5) is 3.38. The topological polar surface area (TPSA) is 65.2 Å². The van der Waals surface area contributed by atoms with Crippen molar-refractivity contribution in [2.45, 2.75) is 36.5 Å². The predicted molar refractivity (Wildman–Crippen MR) is 83.5 cm³/mol. The largest absolute Gasteiger partial charge is 0.363 e. The summed E-state index contributed by atoms with van der Waals surface area (Å²) in [5.41, 5.74) is 0.885. The molecule has 0 amide bonds. The van der Waals surface area contributed by atoms with E-state index in [-0.39, 0.29) is 4.75 Å². The number of nitrogens with zero attached hydrogens (tertiary/aromatic N) is 1. The number of hydrogen-bond donors (Lipinski definition) is 2. The molecule has 0 bridgehead atoms. The van der Waals surface area contributed by atoms with Crippen LogP contribution in [0.3, 0.4) is 0 Å². The van der Waals surface area contributed by atoms with Crippen molar-refractivity contribution in [1.82, 2.24) is 14.6 Å². The van der Waals surface area contributed by atoms with E-state index < -0.39 is 10.0 Å². The van der Waals surface area contributed by atoms with Crippen molar-refractivity contribution < 1.29 is 8.42 Å². The van der Waals surface area contributed by atoms with E-state index in [0.717, 1.165) is 17.9 Å². The Hall–Kier alpha value is -0.500. The average Bonchev–Trinajstić information content (AvgIpc) is 2.75. The second-order valence-electron chi connectivity index (χ2n) is 5.65. The molecule has 1 aromatic heterocycles. The van der Waals surface area contributed by atoms with Gasteiger partial charge in [-0.05, 0) is 19.5 Å². The van der Waals surface area contributed by atoms with Crippen molar-refractivity contribution in [3.05, 3.63) is 18.0 Å². The third-order valence-corrected chi connectivity index (χ3v) is 6.77. The molecule has 0 spiro atoms. The van der Waals surface area contributed by atoms with Gasteiger partial charge in [-0.1, -0.05) is 13.8 Å². The summed E-state index contributed by atoms with van der Waals surface area (Å²) in [6, 6.07) is 1.72. The molecule has 1 aliphatic rings. The van der Waals surface area contributed by atoms with Crippen LogP contribution in [0.5, 0.6) is 0 Å². The highest BCUT2D eigenvalue weighted by atomic mass is 32.2. The second kappa shape index (κ2) is 6.09. The third kappa shape index (κ3) is 3.58. The number of H-pyrrole nitrogens is 1. The summed E-state index contributed by atoms with van der Waals surface area (Å²) in [6.45, 7) is 6.17. The number of hydrogen-bond acceptors (Lipinski definition) is 4. The van der Waals surface area contributed by atoms with Crippen molar-refractivity contribution >= 4 is 21.8 Å². The van der Waals surface area contributed by atoms with Crippen molar-refractivity contribution in [3.8, 4) is 0 Å². The summed E-state index contributed by atoms with van der Waals surface area (Å²) in [5, 5.41) is 3.01. The van der Waals surface area contributed by atoms with Crippen LogP contribution in [0.1, 0.15) is 26.0 Å². The lowest BCUT2D eigenvalue weighted by Gasteiger charge is -2.22. The lowest BCUT2D eigenvalue weighted by molar-refractivity contribution is 0.415. The summed E-state index contributed by atoms with van der Waals surface area (Å²) in [6.07, 6.45) is 2.47. The van der Waals surface area contributed by atoms with Gasteiger partial charge in [-0.3, -0.25) is 0 Å². The van der Waals surface area contributed by atoms with E-state index in [0.29, 0.717) is 24.5 Å². The van der Waals surface area contributed by atoms with E-state index in [1.807, 2.05) is 18.8 Å². The van der Waals surface area contributed by atoms with Crippen LogP contribution in [0.15, 0.2) is 17.2 Å². The third-order valence-electron chi connectivity index (χ3n) is 3.52. The van der Waals surface area contributed by atoms with Crippen molar-refractivity contribution in [2.24, 2.45) is 0 Å². The molecule has 0 aromatic carbocycles. The van der Waals surface area contributed by atoms with Crippen LogP contribution >= 0.6 is 11.8 Å². The van der Waals surface area contributed by atoms with Gasteiger partial charge in [0, 0.05) is 42.0 Å². The van der Waals surface area contributed by atoms with Crippen LogP contribution < -0.4 is 5.32 Å². The lowest BCUT2D eigenvalue weighted by Crippen LogP contribution is -2.33. The smallest absolute Gasteiger partial charge is 0.244 e. The summed E-state index contributed by atoms with van der Waals surface area (Å²) in [7, 11) is -1.54. The van der Waals surface area contributed by atoms with Gasteiger partial charge in [-0.15, -0.1) is 0 Å². The van der Waals surface area contributed by atoms with Crippen LogP contribution in [0.2, 0.25) is 0 Å². The quantitative estimate of drug-likeness (QED) is 0.886. The molecule has 2 heterocycles. The summed E-state index contributed by atoms with van der Waals surface area (Å²) in [5.74, 6) is 0.847. The van der Waals surface area contributed by atoms with Gasteiger partial charge < -0.3 is 10.3 Å². The van der Waals surface area contributed by atoms with Crippen LogP contribution in [-0.2, 0) is 16.6 Å². The zero-order valence-electron chi connectivity index (χ0n) is 12.3. The first-order valence-corrected chi connectivity index (χ1v) is 9.24. The minimum Gasteiger partial charge on any atom is -0.363 e. The van der Waals surface area contributed by atoms with Crippen molar-refractivity contribution in [2.75, 3.05) is 25.9 Å². The minimum atomic E-state index is -3.37. The van der Waals surface area contributed by atoms with Gasteiger partial charge in [0.2, 0.25) is 10.0 Å². The fourth-order valence-corrected chi connectivity index (χ4v) is 4.93. The maximum Gasteiger partial charge on any atom is 0.244 e. The fraction of sp³-hybridized carbons (Fsp3) is 0.692. The molecule has 0 saturated carbocycles. The Morgan fingerprint density at radius 2 is 2.20 bits per heavy atom. The average molecular weight is 317 g/mol. The maximum absolute atomic E-state index is 12.6. The van der Waals surface area contributed by atoms with E-state index in [4.69, 9.17) is 0 Å². The second-order valence-corrected chi connectivity index (χ2v) is 9.39. The van der Waals surface area contributed by atoms with Crippen LogP contribution in [0.25, 0.3) is 0 Å². The van der Waals surface area contributed by atoms with E-state index in [1.165, 1.54) is 0 Å². The minimum absolute atomic E-state index is 0.152. The van der Waals surface area contributed by atoms with Gasteiger partial charge >= 0.3 is 0 Å².